The molecule has 6 aromatic rings. The van der Waals surface area contributed by atoms with Crippen LogP contribution in [-0.4, -0.2) is 68.9 Å². The molecule has 0 saturated carbocycles. The smallest absolute Gasteiger partial charge is 0.322 e. The molecular formula is C39H36N8O4. The van der Waals surface area contributed by atoms with Crippen LogP contribution in [0.1, 0.15) is 38.3 Å². The second kappa shape index (κ2) is 14.6. The number of ether oxygens (including phenoxy) is 1. The van der Waals surface area contributed by atoms with Crippen molar-refractivity contribution in [3.8, 4) is 28.3 Å². The number of primary amides is 1. The predicted octanol–water partition coefficient (Wildman–Crippen LogP) is 5.68. The average molecular weight is 681 g/mol. The molecule has 1 aliphatic heterocycles. The van der Waals surface area contributed by atoms with Crippen molar-refractivity contribution >= 4 is 40.9 Å². The number of morpholine rings is 1. The number of rotatable bonds is 6. The number of anilines is 2. The highest BCUT2D eigenvalue weighted by molar-refractivity contribution is 6.00. The number of urea groups is 1. The zero-order valence-electron chi connectivity index (χ0n) is 27.8. The van der Waals surface area contributed by atoms with Gasteiger partial charge in [-0.3, -0.25) is 14.2 Å². The maximum atomic E-state index is 12.0. The number of imidazole rings is 1. The van der Waals surface area contributed by atoms with Crippen molar-refractivity contribution < 1.29 is 19.1 Å². The van der Waals surface area contributed by atoms with E-state index in [-0.39, 0.29) is 17.2 Å². The number of benzene rings is 3. The van der Waals surface area contributed by atoms with Gasteiger partial charge in [-0.15, -0.1) is 0 Å². The first kappa shape index (κ1) is 33.1. The van der Waals surface area contributed by atoms with Crippen LogP contribution in [0.3, 0.4) is 0 Å². The number of amides is 3. The molecule has 3 amide bonds. The molecule has 8 rings (SSSR count). The number of hydrogen-bond acceptors (Lipinski definition) is 8. The van der Waals surface area contributed by atoms with Crippen LogP contribution in [-0.2, 0) is 17.6 Å². The van der Waals surface area contributed by atoms with Gasteiger partial charge in [0, 0.05) is 41.7 Å². The molecule has 0 radical (unpaired) electrons. The third kappa shape index (κ3) is 7.03. The Morgan fingerprint density at radius 1 is 0.863 bits per heavy atom. The first-order chi connectivity index (χ1) is 24.9. The molecule has 0 bridgehead atoms. The highest BCUT2D eigenvalue weighted by Gasteiger charge is 2.21. The van der Waals surface area contributed by atoms with Gasteiger partial charge in [0.25, 0.3) is 0 Å². The zero-order chi connectivity index (χ0) is 35.3. The van der Waals surface area contributed by atoms with Gasteiger partial charge in [-0.1, -0.05) is 36.4 Å². The molecule has 1 aliphatic carbocycles. The highest BCUT2D eigenvalue weighted by atomic mass is 16.5. The number of fused-ring (bicyclic) bond motifs is 2. The number of hydrogen-bond donors (Lipinski definition) is 3. The maximum absolute atomic E-state index is 12.0. The number of nitrogen functional groups attached to an aromatic ring is 1. The Labute approximate surface area is 294 Å². The predicted molar refractivity (Wildman–Crippen MR) is 196 cm³/mol. The van der Waals surface area contributed by atoms with Crippen LogP contribution in [0.15, 0.2) is 97.2 Å². The maximum Gasteiger partial charge on any atom is 0.322 e. The van der Waals surface area contributed by atoms with Gasteiger partial charge in [-0.05, 0) is 85.0 Å². The molecule has 1 fully saturated rings. The number of nitrogens with zero attached hydrogens (tertiary/aromatic N) is 5. The van der Waals surface area contributed by atoms with E-state index in [4.69, 9.17) is 26.2 Å². The molecule has 3 aromatic heterocycles. The Hall–Kier alpha value is -6.40. The van der Waals surface area contributed by atoms with Gasteiger partial charge in [-0.25, -0.2) is 19.7 Å². The number of pyridine rings is 2. The minimum Gasteiger partial charge on any atom is -0.383 e. The van der Waals surface area contributed by atoms with E-state index in [1.54, 1.807) is 11.1 Å². The molecular weight excluding hydrogens is 644 g/mol. The third-order valence-electron chi connectivity index (χ3n) is 9.00. The Bertz CT molecular complexity index is 2250. The summed E-state index contributed by atoms with van der Waals surface area (Å²) in [6.07, 6.45) is 5.75. The van der Waals surface area contributed by atoms with Crippen LogP contribution in [0.5, 0.6) is 0 Å². The number of carbonyl (C=O) groups is 3. The Kier molecular flexibility index (Phi) is 9.48. The first-order valence-electron chi connectivity index (χ1n) is 16.7. The SMILES string of the molecule is NC(=O)c1ccc(NC(=O)N2CCOCC2)c(C=O)c1.Nc1ncccc1-c1nc2ccc(-c3ccccc3)nc2n1-c1ccc2c(c1)CCC2. The van der Waals surface area contributed by atoms with Crippen LogP contribution >= 0.6 is 0 Å². The monoisotopic (exact) mass is 680 g/mol. The number of aryl methyl sites for hydroxylation is 2. The van der Waals surface area contributed by atoms with E-state index in [1.807, 2.05) is 42.5 Å². The zero-order valence-corrected chi connectivity index (χ0v) is 27.8. The summed E-state index contributed by atoms with van der Waals surface area (Å²) in [6, 6.07) is 28.8. The highest BCUT2D eigenvalue weighted by Crippen LogP contribution is 2.33. The van der Waals surface area contributed by atoms with Crippen molar-refractivity contribution in [2.75, 3.05) is 37.4 Å². The minimum absolute atomic E-state index is 0.211. The lowest BCUT2D eigenvalue weighted by atomic mass is 10.1. The summed E-state index contributed by atoms with van der Waals surface area (Å²) < 4.78 is 7.28. The van der Waals surface area contributed by atoms with Gasteiger partial charge in [-0.2, -0.15) is 0 Å². The molecule has 256 valence electrons. The summed E-state index contributed by atoms with van der Waals surface area (Å²) in [5, 5.41) is 2.65. The van der Waals surface area contributed by atoms with Crippen molar-refractivity contribution in [1.82, 2.24) is 24.4 Å². The van der Waals surface area contributed by atoms with E-state index in [0.29, 0.717) is 44.1 Å². The molecule has 0 atom stereocenters. The van der Waals surface area contributed by atoms with Crippen molar-refractivity contribution in [2.45, 2.75) is 19.3 Å². The van der Waals surface area contributed by atoms with Gasteiger partial charge in [0.2, 0.25) is 5.91 Å². The molecule has 0 spiro atoms. The quantitative estimate of drug-likeness (QED) is 0.189. The third-order valence-corrected chi connectivity index (χ3v) is 9.00. The number of nitrogens with two attached hydrogens (primary N) is 2. The van der Waals surface area contributed by atoms with Crippen molar-refractivity contribution in [1.29, 1.82) is 0 Å². The van der Waals surface area contributed by atoms with Crippen LogP contribution in [0.25, 0.3) is 39.5 Å². The van der Waals surface area contributed by atoms with Crippen LogP contribution in [0.2, 0.25) is 0 Å². The number of aldehydes is 1. The average Bonchev–Trinajstić information content (AvgIpc) is 3.80. The molecule has 51 heavy (non-hydrogen) atoms. The van der Waals surface area contributed by atoms with Crippen LogP contribution in [0, 0.1) is 0 Å². The second-order valence-corrected chi connectivity index (χ2v) is 12.2. The molecule has 2 aliphatic rings. The lowest BCUT2D eigenvalue weighted by Gasteiger charge is -2.27. The van der Waals surface area contributed by atoms with Crippen molar-refractivity contribution in [2.24, 2.45) is 5.73 Å². The summed E-state index contributed by atoms with van der Waals surface area (Å²) in [6.45, 7) is 1.99. The fourth-order valence-corrected chi connectivity index (χ4v) is 6.34. The summed E-state index contributed by atoms with van der Waals surface area (Å²) >= 11 is 0. The van der Waals surface area contributed by atoms with Gasteiger partial charge in [0.05, 0.1) is 30.2 Å². The molecule has 5 N–H and O–H groups in total. The Morgan fingerprint density at radius 2 is 1.67 bits per heavy atom. The topological polar surface area (TPSA) is 171 Å². The largest absolute Gasteiger partial charge is 0.383 e. The Balaban J connectivity index is 0.000000177. The van der Waals surface area contributed by atoms with Gasteiger partial charge < -0.3 is 26.4 Å². The number of carbonyl (C=O) groups excluding carboxylic acids is 3. The molecule has 4 heterocycles. The van der Waals surface area contributed by atoms with Crippen molar-refractivity contribution in [3.05, 3.63) is 119 Å². The second-order valence-electron chi connectivity index (χ2n) is 12.2. The van der Waals surface area contributed by atoms with E-state index in [9.17, 15) is 14.4 Å². The summed E-state index contributed by atoms with van der Waals surface area (Å²) in [7, 11) is 0. The summed E-state index contributed by atoms with van der Waals surface area (Å²) in [4.78, 5) is 49.9. The molecule has 3 aromatic carbocycles. The molecule has 1 saturated heterocycles. The molecule has 12 nitrogen and oxygen atoms in total. The number of nitrogens with one attached hydrogen (secondary N) is 1. The molecule has 0 unspecified atom stereocenters. The fraction of sp³-hybridized carbons (Fsp3) is 0.179. The van der Waals surface area contributed by atoms with E-state index >= 15 is 0 Å². The fourth-order valence-electron chi connectivity index (χ4n) is 6.34. The van der Waals surface area contributed by atoms with Crippen LogP contribution < -0.4 is 16.8 Å². The lowest BCUT2D eigenvalue weighted by molar-refractivity contribution is 0.0564. The Morgan fingerprint density at radius 3 is 2.43 bits per heavy atom. The van der Waals surface area contributed by atoms with Gasteiger partial charge >= 0.3 is 6.03 Å². The van der Waals surface area contributed by atoms with E-state index in [0.717, 1.165) is 52.3 Å². The summed E-state index contributed by atoms with van der Waals surface area (Å²) in [5.41, 5.74) is 20.5. The first-order valence-corrected chi connectivity index (χ1v) is 16.7. The molecule has 12 heteroatoms. The van der Waals surface area contributed by atoms with Gasteiger partial charge in [0.15, 0.2) is 17.8 Å². The lowest BCUT2D eigenvalue weighted by Crippen LogP contribution is -2.43. The van der Waals surface area contributed by atoms with Crippen LogP contribution in [0.4, 0.5) is 16.3 Å². The van der Waals surface area contributed by atoms with Gasteiger partial charge in [0.1, 0.15) is 11.3 Å². The van der Waals surface area contributed by atoms with Crippen molar-refractivity contribution in [3.63, 3.8) is 0 Å². The van der Waals surface area contributed by atoms with E-state index in [2.05, 4.69) is 45.2 Å². The normalized spacial score (nSPS) is 13.6. The minimum atomic E-state index is -0.626. The summed E-state index contributed by atoms with van der Waals surface area (Å²) in [5.74, 6) is 0.596. The standard InChI is InChI=1S/C26H21N5.C13H15N3O4/c27-24-21(10-5-15-28-24)25-30-23-14-13-22(18-6-2-1-3-7-18)29-26(23)31(25)20-12-11-17-8-4-9-19(17)16-20;14-12(18)9-1-2-11(10(7-9)8-17)15-13(19)16-3-5-20-6-4-16/h1-3,5-7,10-16H,4,8-9H2,(H2,27,28);1-2,7-8H,3-6H2,(H2,14,18)(H,15,19). The van der Waals surface area contributed by atoms with E-state index in [1.165, 1.54) is 35.7 Å². The van der Waals surface area contributed by atoms with E-state index < -0.39 is 5.91 Å². The number of aromatic nitrogens is 4.